The van der Waals surface area contributed by atoms with Crippen LogP contribution in [0.25, 0.3) is 0 Å². The van der Waals surface area contributed by atoms with E-state index < -0.39 is 10.1 Å². The van der Waals surface area contributed by atoms with Gasteiger partial charge in [-0.05, 0) is 19.8 Å². The Morgan fingerprint density at radius 1 is 0.882 bits per heavy atom. The zero-order valence-electron chi connectivity index (χ0n) is 10.9. The Labute approximate surface area is 105 Å². The third kappa shape index (κ3) is 15.9. The van der Waals surface area contributed by atoms with E-state index in [0.717, 1.165) is 38.9 Å². The summed E-state index contributed by atoms with van der Waals surface area (Å²) in [6.07, 6.45) is 8.45. The highest BCUT2D eigenvalue weighted by molar-refractivity contribution is 7.85. The summed E-state index contributed by atoms with van der Waals surface area (Å²) in [5, 5.41) is 0. The monoisotopic (exact) mass is 266 g/mol. The van der Waals surface area contributed by atoms with Crippen molar-refractivity contribution < 1.29 is 17.7 Å². The maximum atomic E-state index is 10.4. The summed E-state index contributed by atoms with van der Waals surface area (Å²) >= 11 is 0. The molecular formula is C12H26O4S. The van der Waals surface area contributed by atoms with Crippen molar-refractivity contribution in [1.29, 1.82) is 0 Å². The van der Waals surface area contributed by atoms with Gasteiger partial charge in [-0.1, -0.05) is 38.5 Å². The standard InChI is InChI=1S/C12H26O4S/c1-2-16-11-9-7-5-3-4-6-8-10-12-17(13,14)15/h2-12H2,1H3,(H,13,14,15). The van der Waals surface area contributed by atoms with E-state index in [-0.39, 0.29) is 5.75 Å². The second kappa shape index (κ2) is 11.0. The molecule has 0 spiro atoms. The van der Waals surface area contributed by atoms with E-state index in [1.165, 1.54) is 19.3 Å². The summed E-state index contributed by atoms with van der Waals surface area (Å²) in [5.74, 6) is -0.0959. The van der Waals surface area contributed by atoms with Crippen LogP contribution >= 0.6 is 0 Å². The van der Waals surface area contributed by atoms with E-state index in [4.69, 9.17) is 9.29 Å². The largest absolute Gasteiger partial charge is 0.382 e. The van der Waals surface area contributed by atoms with E-state index in [2.05, 4.69) is 0 Å². The van der Waals surface area contributed by atoms with E-state index in [1.807, 2.05) is 6.92 Å². The van der Waals surface area contributed by atoms with Gasteiger partial charge in [0.1, 0.15) is 0 Å². The van der Waals surface area contributed by atoms with Crippen molar-refractivity contribution in [3.8, 4) is 0 Å². The van der Waals surface area contributed by atoms with Crippen molar-refractivity contribution >= 4 is 10.1 Å². The molecule has 0 aromatic carbocycles. The lowest BCUT2D eigenvalue weighted by atomic mass is 10.1. The highest BCUT2D eigenvalue weighted by Crippen LogP contribution is 2.09. The van der Waals surface area contributed by atoms with Gasteiger partial charge in [0, 0.05) is 13.2 Å². The second-order valence-corrected chi connectivity index (χ2v) is 5.88. The zero-order valence-corrected chi connectivity index (χ0v) is 11.7. The topological polar surface area (TPSA) is 63.6 Å². The van der Waals surface area contributed by atoms with Crippen molar-refractivity contribution in [2.24, 2.45) is 0 Å². The van der Waals surface area contributed by atoms with Gasteiger partial charge < -0.3 is 4.74 Å². The molecule has 0 aromatic heterocycles. The Kier molecular flexibility index (Phi) is 10.9. The zero-order chi connectivity index (χ0) is 13.0. The van der Waals surface area contributed by atoms with E-state index in [0.29, 0.717) is 6.42 Å². The van der Waals surface area contributed by atoms with Crippen LogP contribution in [-0.4, -0.2) is 31.9 Å². The second-order valence-electron chi connectivity index (χ2n) is 4.31. The fraction of sp³-hybridized carbons (Fsp3) is 1.00. The molecule has 0 atom stereocenters. The maximum absolute atomic E-state index is 10.4. The van der Waals surface area contributed by atoms with Crippen molar-refractivity contribution in [3.63, 3.8) is 0 Å². The predicted octanol–water partition coefficient (Wildman–Crippen LogP) is 3.03. The molecule has 0 fully saturated rings. The van der Waals surface area contributed by atoms with Gasteiger partial charge in [-0.2, -0.15) is 8.42 Å². The molecule has 5 heteroatoms. The number of hydrogen-bond donors (Lipinski definition) is 1. The maximum Gasteiger partial charge on any atom is 0.264 e. The summed E-state index contributed by atoms with van der Waals surface area (Å²) in [6, 6.07) is 0. The van der Waals surface area contributed by atoms with Crippen molar-refractivity contribution in [2.75, 3.05) is 19.0 Å². The summed E-state index contributed by atoms with van der Waals surface area (Å²) < 4.78 is 34.6. The number of ether oxygens (including phenoxy) is 1. The first kappa shape index (κ1) is 16.9. The summed E-state index contributed by atoms with van der Waals surface area (Å²) in [4.78, 5) is 0. The lowest BCUT2D eigenvalue weighted by molar-refractivity contribution is 0.143. The molecule has 0 radical (unpaired) electrons. The fourth-order valence-electron chi connectivity index (χ4n) is 1.69. The quantitative estimate of drug-likeness (QED) is 0.435. The highest BCUT2D eigenvalue weighted by atomic mass is 32.2. The van der Waals surface area contributed by atoms with Crippen LogP contribution in [0.5, 0.6) is 0 Å². The molecular weight excluding hydrogens is 240 g/mol. The molecule has 0 unspecified atom stereocenters. The van der Waals surface area contributed by atoms with Gasteiger partial charge in [0.05, 0.1) is 5.75 Å². The van der Waals surface area contributed by atoms with Crippen LogP contribution in [0.2, 0.25) is 0 Å². The molecule has 0 aliphatic carbocycles. The van der Waals surface area contributed by atoms with Crippen LogP contribution in [-0.2, 0) is 14.9 Å². The molecule has 104 valence electrons. The summed E-state index contributed by atoms with van der Waals surface area (Å²) in [5.41, 5.74) is 0. The van der Waals surface area contributed by atoms with Crippen LogP contribution in [0.3, 0.4) is 0 Å². The van der Waals surface area contributed by atoms with Gasteiger partial charge in [0.2, 0.25) is 0 Å². The third-order valence-electron chi connectivity index (χ3n) is 2.65. The molecule has 1 N–H and O–H groups in total. The van der Waals surface area contributed by atoms with Gasteiger partial charge in [-0.25, -0.2) is 0 Å². The normalized spacial score (nSPS) is 11.9. The predicted molar refractivity (Wildman–Crippen MR) is 69.8 cm³/mol. The average molecular weight is 266 g/mol. The molecule has 0 aromatic rings. The van der Waals surface area contributed by atoms with Crippen LogP contribution in [0.15, 0.2) is 0 Å². The van der Waals surface area contributed by atoms with Gasteiger partial charge in [-0.3, -0.25) is 4.55 Å². The minimum absolute atomic E-state index is 0.0959. The Morgan fingerprint density at radius 2 is 1.35 bits per heavy atom. The molecule has 4 nitrogen and oxygen atoms in total. The van der Waals surface area contributed by atoms with Gasteiger partial charge in [-0.15, -0.1) is 0 Å². The summed E-state index contributed by atoms with van der Waals surface area (Å²) in [7, 11) is -3.75. The molecule has 17 heavy (non-hydrogen) atoms. The Balaban J connectivity index is 3.04. The number of unbranched alkanes of at least 4 members (excludes halogenated alkanes) is 7. The number of hydrogen-bond acceptors (Lipinski definition) is 3. The van der Waals surface area contributed by atoms with Gasteiger partial charge in [0.25, 0.3) is 10.1 Å². The van der Waals surface area contributed by atoms with Crippen LogP contribution in [0, 0.1) is 0 Å². The van der Waals surface area contributed by atoms with Crippen LogP contribution in [0.4, 0.5) is 0 Å². The smallest absolute Gasteiger partial charge is 0.264 e. The first-order valence-electron chi connectivity index (χ1n) is 6.59. The lowest BCUT2D eigenvalue weighted by Crippen LogP contribution is -2.03. The van der Waals surface area contributed by atoms with Gasteiger partial charge >= 0.3 is 0 Å². The number of rotatable bonds is 12. The van der Waals surface area contributed by atoms with Crippen LogP contribution in [0.1, 0.15) is 58.3 Å². The molecule has 0 heterocycles. The fourth-order valence-corrected chi connectivity index (χ4v) is 2.26. The average Bonchev–Trinajstić information content (AvgIpc) is 2.24. The molecule has 0 aliphatic rings. The molecule has 0 saturated carbocycles. The minimum atomic E-state index is -3.75. The highest BCUT2D eigenvalue weighted by Gasteiger charge is 2.02. The molecule has 0 rings (SSSR count). The molecule has 0 saturated heterocycles. The first-order valence-corrected chi connectivity index (χ1v) is 8.20. The summed E-state index contributed by atoms with van der Waals surface area (Å²) in [6.45, 7) is 3.67. The molecule has 0 aliphatic heterocycles. The minimum Gasteiger partial charge on any atom is -0.382 e. The molecule has 0 bridgehead atoms. The van der Waals surface area contributed by atoms with E-state index in [9.17, 15) is 8.42 Å². The lowest BCUT2D eigenvalue weighted by Gasteiger charge is -2.02. The van der Waals surface area contributed by atoms with Crippen molar-refractivity contribution in [3.05, 3.63) is 0 Å². The SMILES string of the molecule is CCOCCCCCCCCCCS(=O)(=O)O. The van der Waals surface area contributed by atoms with Crippen LogP contribution < -0.4 is 0 Å². The van der Waals surface area contributed by atoms with E-state index >= 15 is 0 Å². The van der Waals surface area contributed by atoms with Crippen molar-refractivity contribution in [1.82, 2.24) is 0 Å². The van der Waals surface area contributed by atoms with Gasteiger partial charge in [0.15, 0.2) is 0 Å². The van der Waals surface area contributed by atoms with E-state index in [1.54, 1.807) is 0 Å². The molecule has 0 amide bonds. The Hall–Kier alpha value is -0.130. The first-order chi connectivity index (χ1) is 8.06. The van der Waals surface area contributed by atoms with Crippen molar-refractivity contribution in [2.45, 2.75) is 58.3 Å². The third-order valence-corrected chi connectivity index (χ3v) is 3.45. The Bertz CT molecular complexity index is 249. The Morgan fingerprint density at radius 3 is 1.82 bits per heavy atom.